The zero-order valence-electron chi connectivity index (χ0n) is 35.3. The molecule has 326 valence electrons. The molecule has 2 N–H and O–H groups in total. The lowest BCUT2D eigenvalue weighted by Crippen LogP contribution is -2.61. The molecule has 3 saturated heterocycles. The molecule has 3 fully saturated rings. The second-order valence-electron chi connectivity index (χ2n) is 16.5. The Morgan fingerprint density at radius 2 is 1.56 bits per heavy atom. The number of carbonyl (C=O) groups is 4. The molecule has 4 rings (SSSR count). The van der Waals surface area contributed by atoms with Crippen LogP contribution in [-0.2, 0) is 61.8 Å². The summed E-state index contributed by atoms with van der Waals surface area (Å²) >= 11 is 0. The molecule has 16 heteroatoms. The second kappa shape index (κ2) is 21.1. The molecule has 4 aliphatic heterocycles. The average Bonchev–Trinajstić information content (AvgIpc) is 3.88. The van der Waals surface area contributed by atoms with E-state index in [2.05, 4.69) is 0 Å². The van der Waals surface area contributed by atoms with E-state index in [1.54, 1.807) is 40.7 Å². The summed E-state index contributed by atoms with van der Waals surface area (Å²) in [6.07, 6.45) is -4.13. The van der Waals surface area contributed by atoms with Crippen LogP contribution in [0.15, 0.2) is 12.2 Å². The minimum Gasteiger partial charge on any atom is -0.462 e. The number of methoxy groups -OCH3 is 1. The summed E-state index contributed by atoms with van der Waals surface area (Å²) in [5.41, 5.74) is -1.42. The Labute approximate surface area is 337 Å². The Hall–Kier alpha value is -2.54. The van der Waals surface area contributed by atoms with Crippen molar-refractivity contribution in [3.05, 3.63) is 12.2 Å². The van der Waals surface area contributed by atoms with E-state index in [-0.39, 0.29) is 62.7 Å². The van der Waals surface area contributed by atoms with Crippen molar-refractivity contribution in [2.24, 2.45) is 11.8 Å². The van der Waals surface area contributed by atoms with Crippen molar-refractivity contribution >= 4 is 24.2 Å². The van der Waals surface area contributed by atoms with Gasteiger partial charge < -0.3 is 62.5 Å². The van der Waals surface area contributed by atoms with Gasteiger partial charge in [0.2, 0.25) is 0 Å². The van der Waals surface area contributed by atoms with Crippen molar-refractivity contribution in [2.45, 2.75) is 191 Å². The zero-order valence-corrected chi connectivity index (χ0v) is 35.3. The molecule has 0 aromatic rings. The van der Waals surface area contributed by atoms with Gasteiger partial charge in [-0.1, -0.05) is 32.9 Å². The Balaban J connectivity index is 1.63. The quantitative estimate of drug-likeness (QED) is 0.0958. The zero-order chi connectivity index (χ0) is 42.2. The smallest absolute Gasteiger partial charge is 0.309 e. The van der Waals surface area contributed by atoms with Crippen LogP contribution in [0.1, 0.15) is 99.8 Å². The number of ether oxygens (including phenoxy) is 9. The van der Waals surface area contributed by atoms with Crippen LogP contribution in [0, 0.1) is 11.8 Å². The molecule has 0 aromatic heterocycles. The lowest BCUT2D eigenvalue weighted by Gasteiger charge is -2.48. The SMILES string of the molecule is CCC(=O)O[C@H]1CC(=O)O[C@H](C)C[C@@H]2O[C@@H]2/C=C/[C@H](O)[C@@H](C)C[C@H](CC=O)[C@H](O[C@H]2C[C@H](N(C)C)[C@H](O[C@H]3C[C@](C)(O)[C@@H](OC(=O)CC)[C@@H](C)O3)[C@@H](C)O2)[C@H]1OC. The summed E-state index contributed by atoms with van der Waals surface area (Å²) in [4.78, 5) is 52.6. The Morgan fingerprint density at radius 3 is 2.18 bits per heavy atom. The minimum atomic E-state index is -1.42. The molecule has 17 atom stereocenters. The fraction of sp³-hybridized carbons (Fsp3) is 0.854. The highest BCUT2D eigenvalue weighted by molar-refractivity contribution is 5.72. The predicted molar refractivity (Wildman–Crippen MR) is 203 cm³/mol. The number of nitrogens with zero attached hydrogens (tertiary/aromatic N) is 1. The normalized spacial score (nSPS) is 42.6. The number of hydrogen-bond acceptors (Lipinski definition) is 16. The van der Waals surface area contributed by atoms with E-state index in [0.29, 0.717) is 12.8 Å². The van der Waals surface area contributed by atoms with E-state index in [1.807, 2.05) is 38.9 Å². The number of cyclic esters (lactones) is 1. The van der Waals surface area contributed by atoms with Crippen LogP contribution in [0.5, 0.6) is 0 Å². The van der Waals surface area contributed by atoms with E-state index >= 15 is 0 Å². The van der Waals surface area contributed by atoms with Gasteiger partial charge in [-0.15, -0.1) is 0 Å². The fourth-order valence-electron chi connectivity index (χ4n) is 8.28. The first-order chi connectivity index (χ1) is 26.9. The molecular formula is C41H67NO15. The monoisotopic (exact) mass is 813 g/mol. The highest BCUT2D eigenvalue weighted by Gasteiger charge is 2.50. The molecule has 0 saturated carbocycles. The Bertz CT molecular complexity index is 1360. The fourth-order valence-corrected chi connectivity index (χ4v) is 8.28. The third-order valence-corrected chi connectivity index (χ3v) is 11.5. The van der Waals surface area contributed by atoms with Crippen LogP contribution in [0.3, 0.4) is 0 Å². The van der Waals surface area contributed by atoms with Crippen LogP contribution in [-0.4, -0.2) is 152 Å². The lowest BCUT2D eigenvalue weighted by atomic mass is 9.82. The number of esters is 3. The van der Waals surface area contributed by atoms with Gasteiger partial charge in [-0.25, -0.2) is 0 Å². The summed E-state index contributed by atoms with van der Waals surface area (Å²) in [7, 11) is 5.22. The van der Waals surface area contributed by atoms with Gasteiger partial charge in [0.1, 0.15) is 42.4 Å². The first-order valence-corrected chi connectivity index (χ1v) is 20.5. The molecule has 0 spiro atoms. The maximum atomic E-state index is 13.4. The number of aldehydes is 1. The van der Waals surface area contributed by atoms with Crippen LogP contribution in [0.4, 0.5) is 0 Å². The highest BCUT2D eigenvalue weighted by atomic mass is 16.7. The van der Waals surface area contributed by atoms with Gasteiger partial charge >= 0.3 is 17.9 Å². The summed E-state index contributed by atoms with van der Waals surface area (Å²) in [5.74, 6) is -2.53. The van der Waals surface area contributed by atoms with Gasteiger partial charge in [0.05, 0.1) is 36.9 Å². The van der Waals surface area contributed by atoms with E-state index in [1.165, 1.54) is 7.11 Å². The van der Waals surface area contributed by atoms with Gasteiger partial charge in [-0.3, -0.25) is 14.4 Å². The molecular weight excluding hydrogens is 746 g/mol. The largest absolute Gasteiger partial charge is 0.462 e. The van der Waals surface area contributed by atoms with Crippen LogP contribution >= 0.6 is 0 Å². The maximum absolute atomic E-state index is 13.4. The number of aliphatic hydroxyl groups is 2. The van der Waals surface area contributed by atoms with Gasteiger partial charge in [-0.05, 0) is 60.0 Å². The second-order valence-corrected chi connectivity index (χ2v) is 16.5. The first-order valence-electron chi connectivity index (χ1n) is 20.5. The van der Waals surface area contributed by atoms with E-state index in [0.717, 1.165) is 6.29 Å². The molecule has 57 heavy (non-hydrogen) atoms. The van der Waals surface area contributed by atoms with E-state index in [9.17, 15) is 29.4 Å². The van der Waals surface area contributed by atoms with Crippen LogP contribution in [0.2, 0.25) is 0 Å². The van der Waals surface area contributed by atoms with Crippen molar-refractivity contribution in [1.82, 2.24) is 4.90 Å². The third kappa shape index (κ3) is 13.0. The van der Waals surface area contributed by atoms with Crippen molar-refractivity contribution in [1.29, 1.82) is 0 Å². The number of likely N-dealkylation sites (N-methyl/N-ethyl adjacent to an activating group) is 1. The van der Waals surface area contributed by atoms with Crippen molar-refractivity contribution in [3.8, 4) is 0 Å². The molecule has 4 heterocycles. The lowest BCUT2D eigenvalue weighted by molar-refractivity contribution is -0.325. The molecule has 0 bridgehead atoms. The molecule has 0 unspecified atom stereocenters. The van der Waals surface area contributed by atoms with Crippen LogP contribution in [0.25, 0.3) is 0 Å². The molecule has 16 nitrogen and oxygen atoms in total. The standard InChI is InChI=1S/C41H67NO15/c1-11-32(45)54-31-20-34(47)50-23(4)18-30-29(53-30)14-13-28(44)22(3)17-26(15-16-43)38(39(31)49-10)56-35-19-27(42(8)9)37(24(5)51-35)57-36-21-41(7,48)40(25(6)52-36)55-33(46)12-2/h13-14,16,22-31,35-40,44,48H,11-12,15,17-21H2,1-10H3/b14-13+/t22-,23+,24+,25+,26-,27-,28-,29+,30-,31-,35-,36-,37+,38-,39-,40-,41-/m0/s1. The summed E-state index contributed by atoms with van der Waals surface area (Å²) in [6.45, 7) is 12.1. The average molecular weight is 814 g/mol. The Kier molecular flexibility index (Phi) is 17.5. The maximum Gasteiger partial charge on any atom is 0.309 e. The number of epoxide rings is 1. The summed E-state index contributed by atoms with van der Waals surface area (Å²) < 4.78 is 54.9. The number of rotatable bonds is 12. The van der Waals surface area contributed by atoms with Crippen LogP contribution < -0.4 is 0 Å². The van der Waals surface area contributed by atoms with Gasteiger partial charge in [0.25, 0.3) is 0 Å². The molecule has 0 radical (unpaired) electrons. The Morgan fingerprint density at radius 1 is 0.912 bits per heavy atom. The summed E-state index contributed by atoms with van der Waals surface area (Å²) in [6, 6.07) is -0.306. The van der Waals surface area contributed by atoms with E-state index in [4.69, 9.17) is 42.6 Å². The van der Waals surface area contributed by atoms with Gasteiger partial charge in [-0.2, -0.15) is 0 Å². The summed E-state index contributed by atoms with van der Waals surface area (Å²) in [5, 5.41) is 22.6. The third-order valence-electron chi connectivity index (χ3n) is 11.5. The number of fused-ring (bicyclic) bond motifs is 1. The van der Waals surface area contributed by atoms with Crippen molar-refractivity contribution in [3.63, 3.8) is 0 Å². The van der Waals surface area contributed by atoms with Gasteiger partial charge in [0.15, 0.2) is 18.7 Å². The van der Waals surface area contributed by atoms with Gasteiger partial charge in [0, 0.05) is 51.7 Å². The van der Waals surface area contributed by atoms with E-state index < -0.39 is 96.9 Å². The molecule has 0 aromatic carbocycles. The first kappa shape index (κ1) is 47.1. The molecule has 0 amide bonds. The minimum absolute atomic E-state index is 0.00580. The molecule has 0 aliphatic carbocycles. The number of aliphatic hydroxyl groups excluding tert-OH is 1. The van der Waals surface area contributed by atoms with Crippen molar-refractivity contribution in [2.75, 3.05) is 21.2 Å². The predicted octanol–water partition coefficient (Wildman–Crippen LogP) is 3.01. The topological polar surface area (TPSA) is 198 Å². The highest BCUT2D eigenvalue weighted by Crippen LogP contribution is 2.38. The molecule has 4 aliphatic rings. The van der Waals surface area contributed by atoms with Crippen molar-refractivity contribution < 1.29 is 72.0 Å². The number of carbonyl (C=O) groups excluding carboxylic acids is 4. The number of hydrogen-bond donors (Lipinski definition) is 2.